The van der Waals surface area contributed by atoms with Gasteiger partial charge in [0.25, 0.3) is 0 Å². The Morgan fingerprint density at radius 2 is 1.79 bits per heavy atom. The van der Waals surface area contributed by atoms with Gasteiger partial charge in [0, 0.05) is 13.1 Å². The Morgan fingerprint density at radius 1 is 1.15 bits per heavy atom. The van der Waals surface area contributed by atoms with E-state index in [1.54, 1.807) is 0 Å². The van der Waals surface area contributed by atoms with Crippen molar-refractivity contribution in [1.82, 2.24) is 15.5 Å². The van der Waals surface area contributed by atoms with Crippen LogP contribution in [0.5, 0.6) is 0 Å². The van der Waals surface area contributed by atoms with Crippen molar-refractivity contribution in [1.29, 1.82) is 0 Å². The normalized spacial score (nSPS) is 19.9. The van der Waals surface area contributed by atoms with E-state index in [0.29, 0.717) is 38.6 Å². The van der Waals surface area contributed by atoms with Gasteiger partial charge in [-0.15, -0.1) is 0 Å². The summed E-state index contributed by atoms with van der Waals surface area (Å²) in [5.41, 5.74) is 16.5. The summed E-state index contributed by atoms with van der Waals surface area (Å²) < 4.78 is 0. The van der Waals surface area contributed by atoms with Crippen molar-refractivity contribution in [2.75, 3.05) is 13.1 Å². The van der Waals surface area contributed by atoms with Gasteiger partial charge in [-0.1, -0.05) is 20.3 Å². The van der Waals surface area contributed by atoms with Crippen molar-refractivity contribution < 1.29 is 29.4 Å². The van der Waals surface area contributed by atoms with Crippen molar-refractivity contribution in [2.24, 2.45) is 28.1 Å². The van der Waals surface area contributed by atoms with Crippen LogP contribution in [0, 0.1) is 5.92 Å². The number of nitrogens with one attached hydrogen (secondary N) is 2. The zero-order valence-electron chi connectivity index (χ0n) is 20.1. The standard InChI is InChI=1S/C21H39N7O6/c1-4-11(2)15(26-17(30)13(22)7-5-9-25-21(23)24)19(32)28-10-6-8-14(28)18(31)27-16(12(3)29)20(33)34/h11-16,29H,4-10,22H2,1-3H3,(H,26,30)(H,27,31)(H,33,34)(H4,23,24,25). The molecule has 1 saturated heterocycles. The van der Waals surface area contributed by atoms with Gasteiger partial charge in [-0.2, -0.15) is 0 Å². The molecule has 0 bridgehead atoms. The minimum absolute atomic E-state index is 0.0484. The second-order valence-corrected chi connectivity index (χ2v) is 8.68. The van der Waals surface area contributed by atoms with E-state index in [1.807, 2.05) is 13.8 Å². The van der Waals surface area contributed by atoms with Gasteiger partial charge in [0.2, 0.25) is 17.7 Å². The monoisotopic (exact) mass is 485 g/mol. The molecule has 0 aromatic rings. The number of nitrogens with zero attached hydrogens (tertiary/aromatic N) is 2. The average Bonchev–Trinajstić information content (AvgIpc) is 3.26. The lowest BCUT2D eigenvalue weighted by molar-refractivity contribution is -0.147. The number of aliphatic hydroxyl groups is 1. The van der Waals surface area contributed by atoms with E-state index in [4.69, 9.17) is 17.2 Å². The molecule has 0 radical (unpaired) electrons. The van der Waals surface area contributed by atoms with Crippen LogP contribution in [0.15, 0.2) is 4.99 Å². The number of carbonyl (C=O) groups excluding carboxylic acids is 3. The lowest BCUT2D eigenvalue weighted by Crippen LogP contribution is -2.59. The molecular formula is C21H39N7O6. The molecule has 13 nitrogen and oxygen atoms in total. The average molecular weight is 486 g/mol. The third-order valence-corrected chi connectivity index (χ3v) is 5.97. The second-order valence-electron chi connectivity index (χ2n) is 8.68. The first-order valence-corrected chi connectivity index (χ1v) is 11.5. The third kappa shape index (κ3) is 8.45. The number of hydrogen-bond donors (Lipinski definition) is 7. The molecule has 10 N–H and O–H groups in total. The molecule has 0 saturated carbocycles. The molecule has 6 atom stereocenters. The first kappa shape index (κ1) is 29.1. The zero-order valence-corrected chi connectivity index (χ0v) is 20.1. The zero-order chi connectivity index (χ0) is 26.0. The molecular weight excluding hydrogens is 446 g/mol. The molecule has 0 spiro atoms. The number of nitrogens with two attached hydrogens (primary N) is 3. The molecule has 13 heteroatoms. The first-order chi connectivity index (χ1) is 15.9. The molecule has 3 amide bonds. The van der Waals surface area contributed by atoms with E-state index in [9.17, 15) is 29.4 Å². The number of carbonyl (C=O) groups is 4. The Balaban J connectivity index is 2.90. The Bertz CT molecular complexity index is 756. The molecule has 6 unspecified atom stereocenters. The fourth-order valence-corrected chi connectivity index (χ4v) is 3.71. The van der Waals surface area contributed by atoms with Crippen LogP contribution in [0.1, 0.15) is 52.9 Å². The molecule has 194 valence electrons. The maximum atomic E-state index is 13.4. The molecule has 0 aromatic heterocycles. The van der Waals surface area contributed by atoms with Crippen LogP contribution in [-0.2, 0) is 19.2 Å². The van der Waals surface area contributed by atoms with E-state index in [2.05, 4.69) is 15.6 Å². The van der Waals surface area contributed by atoms with E-state index >= 15 is 0 Å². The smallest absolute Gasteiger partial charge is 0.328 e. The van der Waals surface area contributed by atoms with Gasteiger partial charge in [-0.3, -0.25) is 19.4 Å². The van der Waals surface area contributed by atoms with Crippen LogP contribution in [0.3, 0.4) is 0 Å². The van der Waals surface area contributed by atoms with E-state index in [1.165, 1.54) is 11.8 Å². The highest BCUT2D eigenvalue weighted by molar-refractivity contribution is 5.94. The summed E-state index contributed by atoms with van der Waals surface area (Å²) in [6.45, 7) is 5.56. The van der Waals surface area contributed by atoms with E-state index in [-0.39, 0.29) is 18.4 Å². The third-order valence-electron chi connectivity index (χ3n) is 5.97. The van der Waals surface area contributed by atoms with Crippen LogP contribution in [0.4, 0.5) is 0 Å². The Labute approximate surface area is 199 Å². The van der Waals surface area contributed by atoms with Crippen molar-refractivity contribution in [3.63, 3.8) is 0 Å². The Kier molecular flexibility index (Phi) is 11.7. The molecule has 1 aliphatic rings. The van der Waals surface area contributed by atoms with Crippen LogP contribution >= 0.6 is 0 Å². The van der Waals surface area contributed by atoms with E-state index in [0.717, 1.165) is 0 Å². The van der Waals surface area contributed by atoms with Crippen molar-refractivity contribution in [3.05, 3.63) is 0 Å². The van der Waals surface area contributed by atoms with Crippen molar-refractivity contribution in [3.8, 4) is 0 Å². The lowest BCUT2D eigenvalue weighted by Gasteiger charge is -2.32. The van der Waals surface area contributed by atoms with Gasteiger partial charge in [-0.05, 0) is 38.5 Å². The number of likely N-dealkylation sites (tertiary alicyclic amines) is 1. The molecule has 0 aromatic carbocycles. The number of amides is 3. The summed E-state index contributed by atoms with van der Waals surface area (Å²) in [5, 5.41) is 23.9. The van der Waals surface area contributed by atoms with Crippen LogP contribution in [-0.4, -0.2) is 88.1 Å². The summed E-state index contributed by atoms with van der Waals surface area (Å²) in [5.74, 6) is -3.25. The number of carboxylic acids is 1. The molecule has 1 aliphatic heterocycles. The SMILES string of the molecule is CCC(C)C(NC(=O)C(N)CCCN=C(N)N)C(=O)N1CCCC1C(=O)NC(C(=O)O)C(C)O. The van der Waals surface area contributed by atoms with Gasteiger partial charge in [-0.25, -0.2) is 4.79 Å². The number of guanidine groups is 1. The van der Waals surface area contributed by atoms with Gasteiger partial charge in [0.05, 0.1) is 12.1 Å². The van der Waals surface area contributed by atoms with Crippen LogP contribution < -0.4 is 27.8 Å². The summed E-state index contributed by atoms with van der Waals surface area (Å²) in [6.07, 6.45) is 0.958. The number of carboxylic acid groups (broad SMARTS) is 1. The van der Waals surface area contributed by atoms with Crippen molar-refractivity contribution in [2.45, 2.75) is 83.1 Å². The number of aliphatic imine (C=N–C) groups is 1. The van der Waals surface area contributed by atoms with Gasteiger partial charge >= 0.3 is 5.97 Å². The van der Waals surface area contributed by atoms with E-state index < -0.39 is 54.0 Å². The quantitative estimate of drug-likeness (QED) is 0.0854. The minimum atomic E-state index is -1.49. The predicted octanol–water partition coefficient (Wildman–Crippen LogP) is -2.16. The Hall–Kier alpha value is -2.93. The largest absolute Gasteiger partial charge is 0.480 e. The maximum absolute atomic E-state index is 13.4. The second kappa shape index (κ2) is 13.7. The van der Waals surface area contributed by atoms with Gasteiger partial charge in [0.15, 0.2) is 12.0 Å². The highest BCUT2D eigenvalue weighted by atomic mass is 16.4. The van der Waals surface area contributed by atoms with Gasteiger partial charge in [0.1, 0.15) is 12.1 Å². The minimum Gasteiger partial charge on any atom is -0.480 e. The number of aliphatic carboxylic acids is 1. The molecule has 0 aliphatic carbocycles. The summed E-state index contributed by atoms with van der Waals surface area (Å²) in [6, 6.07) is -4.16. The number of aliphatic hydroxyl groups excluding tert-OH is 1. The predicted molar refractivity (Wildman–Crippen MR) is 125 cm³/mol. The summed E-state index contributed by atoms with van der Waals surface area (Å²) >= 11 is 0. The molecule has 1 rings (SSSR count). The van der Waals surface area contributed by atoms with Crippen molar-refractivity contribution >= 4 is 29.7 Å². The maximum Gasteiger partial charge on any atom is 0.328 e. The van der Waals surface area contributed by atoms with Gasteiger partial charge < -0.3 is 42.9 Å². The highest BCUT2D eigenvalue weighted by Crippen LogP contribution is 2.22. The lowest BCUT2D eigenvalue weighted by atomic mass is 9.96. The fourth-order valence-electron chi connectivity index (χ4n) is 3.71. The highest BCUT2D eigenvalue weighted by Gasteiger charge is 2.40. The Morgan fingerprint density at radius 3 is 2.32 bits per heavy atom. The fraction of sp³-hybridized carbons (Fsp3) is 0.762. The number of rotatable bonds is 13. The topological polar surface area (TPSA) is 226 Å². The molecule has 1 fully saturated rings. The van der Waals surface area contributed by atoms with Crippen LogP contribution in [0.25, 0.3) is 0 Å². The first-order valence-electron chi connectivity index (χ1n) is 11.5. The summed E-state index contributed by atoms with van der Waals surface area (Å²) in [4.78, 5) is 55.3. The van der Waals surface area contributed by atoms with Crippen LogP contribution in [0.2, 0.25) is 0 Å². The summed E-state index contributed by atoms with van der Waals surface area (Å²) in [7, 11) is 0. The molecule has 34 heavy (non-hydrogen) atoms. The number of hydrogen-bond acceptors (Lipinski definition) is 7. The molecule has 1 heterocycles.